The molecule has 6 atom stereocenters. The molecule has 9 nitrogen and oxygen atoms in total. The molecule has 1 saturated carbocycles. The standard InChI is InChI=1S/C40H33ClN4O5S/c1-20-27-17-22(41)11-16-31(27)51-35(20)30-19-32(43(3)42-30)45-37(48)29-18-28-25(34(40(29,2)39(45)50)21-9-12-24(46)13-10-21)14-15-26-33(28)38(49)44(36(26)47)23-7-5-4-6-8-23/h4-14,16-17,19,26,28-29,33-34,46H,15,18H2,1-3H3. The number of para-hydroxylation sites is 1. The number of hydrogen-bond donors (Lipinski definition) is 1. The van der Waals surface area contributed by atoms with Gasteiger partial charge in [-0.25, -0.2) is 4.90 Å². The van der Waals surface area contributed by atoms with E-state index in [1.165, 1.54) is 9.80 Å². The van der Waals surface area contributed by atoms with Crippen molar-refractivity contribution in [1.29, 1.82) is 0 Å². The number of carbonyl (C=O) groups is 4. The maximum Gasteiger partial charge on any atom is 0.242 e. The molecule has 4 heterocycles. The average Bonchev–Trinajstić information content (AvgIpc) is 3.79. The molecular formula is C40H33ClN4O5S. The number of imide groups is 2. The Morgan fingerprint density at radius 3 is 2.39 bits per heavy atom. The summed E-state index contributed by atoms with van der Waals surface area (Å²) in [6, 6.07) is 23.2. The predicted molar refractivity (Wildman–Crippen MR) is 195 cm³/mol. The first kappa shape index (κ1) is 31.9. The van der Waals surface area contributed by atoms with E-state index in [9.17, 15) is 24.3 Å². The molecule has 9 rings (SSSR count). The number of phenols is 1. The number of nitrogens with zero attached hydrogens (tertiary/aromatic N) is 4. The zero-order valence-electron chi connectivity index (χ0n) is 28.0. The lowest BCUT2D eigenvalue weighted by Gasteiger charge is -2.49. The van der Waals surface area contributed by atoms with Crippen LogP contribution in [0, 0.1) is 36.0 Å². The number of hydrogen-bond acceptors (Lipinski definition) is 7. The van der Waals surface area contributed by atoms with E-state index in [0.29, 0.717) is 28.6 Å². The summed E-state index contributed by atoms with van der Waals surface area (Å²) in [7, 11) is 1.73. The molecule has 1 N–H and O–H groups in total. The van der Waals surface area contributed by atoms with E-state index in [2.05, 4.69) is 0 Å². The molecule has 11 heteroatoms. The summed E-state index contributed by atoms with van der Waals surface area (Å²) in [5.41, 5.74) is 2.64. The number of phenolic OH excluding ortho intramolecular Hbond substituents is 1. The molecule has 4 aliphatic rings. The minimum absolute atomic E-state index is 0.0808. The molecule has 2 saturated heterocycles. The Hall–Kier alpha value is -5.06. The molecule has 51 heavy (non-hydrogen) atoms. The van der Waals surface area contributed by atoms with Crippen LogP contribution in [-0.4, -0.2) is 38.5 Å². The van der Waals surface area contributed by atoms with Gasteiger partial charge in [0.1, 0.15) is 17.3 Å². The number of aromatic nitrogens is 2. The number of allylic oxidation sites excluding steroid dienone is 2. The highest BCUT2D eigenvalue weighted by atomic mass is 35.5. The molecule has 0 bridgehead atoms. The second kappa shape index (κ2) is 11.2. The highest BCUT2D eigenvalue weighted by molar-refractivity contribution is 7.22. The van der Waals surface area contributed by atoms with Crippen molar-refractivity contribution in [2.24, 2.45) is 36.1 Å². The smallest absolute Gasteiger partial charge is 0.242 e. The Kier molecular flexibility index (Phi) is 7.02. The van der Waals surface area contributed by atoms with Crippen molar-refractivity contribution in [3.8, 4) is 16.3 Å². The van der Waals surface area contributed by atoms with Gasteiger partial charge < -0.3 is 5.11 Å². The third-order valence-electron chi connectivity index (χ3n) is 11.7. The van der Waals surface area contributed by atoms with Gasteiger partial charge in [-0.3, -0.25) is 28.8 Å². The van der Waals surface area contributed by atoms with Crippen molar-refractivity contribution in [2.45, 2.75) is 32.6 Å². The lowest BCUT2D eigenvalue weighted by atomic mass is 9.51. The number of thiophene rings is 1. The van der Waals surface area contributed by atoms with Gasteiger partial charge in [-0.05, 0) is 91.6 Å². The van der Waals surface area contributed by atoms with Crippen LogP contribution in [0.2, 0.25) is 5.02 Å². The van der Waals surface area contributed by atoms with E-state index in [1.807, 2.05) is 44.2 Å². The third kappa shape index (κ3) is 4.42. The van der Waals surface area contributed by atoms with Crippen molar-refractivity contribution in [1.82, 2.24) is 9.78 Å². The van der Waals surface area contributed by atoms with Crippen LogP contribution in [0.15, 0.2) is 90.5 Å². The second-order valence-corrected chi connectivity index (χ2v) is 15.8. The molecule has 2 aliphatic carbocycles. The number of fused-ring (bicyclic) bond motifs is 5. The number of aryl methyl sites for hydroxylation is 2. The molecule has 3 aromatic carbocycles. The molecule has 4 amide bonds. The molecule has 256 valence electrons. The molecule has 5 aromatic rings. The normalized spacial score (nSPS) is 27.2. The topological polar surface area (TPSA) is 113 Å². The fraction of sp³-hybridized carbons (Fsp3) is 0.275. The largest absolute Gasteiger partial charge is 0.508 e. The Bertz CT molecular complexity index is 2360. The van der Waals surface area contributed by atoms with Gasteiger partial charge in [0.15, 0.2) is 0 Å². The zero-order chi connectivity index (χ0) is 35.5. The van der Waals surface area contributed by atoms with Crippen molar-refractivity contribution >= 4 is 68.2 Å². The van der Waals surface area contributed by atoms with Crippen LogP contribution in [0.5, 0.6) is 5.75 Å². The van der Waals surface area contributed by atoms with E-state index in [-0.39, 0.29) is 35.8 Å². The monoisotopic (exact) mass is 716 g/mol. The summed E-state index contributed by atoms with van der Waals surface area (Å²) in [6.45, 7) is 3.87. The van der Waals surface area contributed by atoms with E-state index >= 15 is 0 Å². The number of anilines is 2. The quantitative estimate of drug-likeness (QED) is 0.153. The average molecular weight is 717 g/mol. The highest BCUT2D eigenvalue weighted by Gasteiger charge is 2.68. The molecular weight excluding hydrogens is 684 g/mol. The summed E-state index contributed by atoms with van der Waals surface area (Å²) in [4.78, 5) is 61.3. The Balaban J connectivity index is 1.15. The number of carbonyl (C=O) groups excluding carboxylic acids is 4. The lowest BCUT2D eigenvalue weighted by molar-refractivity contribution is -0.131. The number of amides is 4. The zero-order valence-corrected chi connectivity index (χ0v) is 29.6. The van der Waals surface area contributed by atoms with Gasteiger partial charge >= 0.3 is 0 Å². The van der Waals surface area contributed by atoms with Crippen LogP contribution in [0.4, 0.5) is 11.5 Å². The van der Waals surface area contributed by atoms with Crippen LogP contribution < -0.4 is 9.80 Å². The number of halogens is 1. The van der Waals surface area contributed by atoms with E-state index in [1.54, 1.807) is 77.7 Å². The first-order chi connectivity index (χ1) is 24.5. The summed E-state index contributed by atoms with van der Waals surface area (Å²) in [5, 5.41) is 16.7. The van der Waals surface area contributed by atoms with Crippen molar-refractivity contribution < 1.29 is 24.3 Å². The van der Waals surface area contributed by atoms with Gasteiger partial charge in [0.2, 0.25) is 23.6 Å². The summed E-state index contributed by atoms with van der Waals surface area (Å²) < 4.78 is 2.64. The third-order valence-corrected chi connectivity index (χ3v) is 13.3. The van der Waals surface area contributed by atoms with Crippen LogP contribution in [-0.2, 0) is 26.2 Å². The Labute approximate surface area is 302 Å². The minimum atomic E-state index is -1.21. The lowest BCUT2D eigenvalue weighted by Crippen LogP contribution is -2.48. The molecule has 2 aromatic heterocycles. The van der Waals surface area contributed by atoms with E-state index in [4.69, 9.17) is 16.7 Å². The van der Waals surface area contributed by atoms with Crippen LogP contribution >= 0.6 is 22.9 Å². The van der Waals surface area contributed by atoms with E-state index < -0.39 is 35.0 Å². The van der Waals surface area contributed by atoms with Crippen LogP contribution in [0.25, 0.3) is 20.7 Å². The summed E-state index contributed by atoms with van der Waals surface area (Å²) in [6.07, 6.45) is 2.64. The van der Waals surface area contributed by atoms with Crippen LogP contribution in [0.1, 0.15) is 36.8 Å². The van der Waals surface area contributed by atoms with E-state index in [0.717, 1.165) is 31.7 Å². The Morgan fingerprint density at radius 2 is 1.65 bits per heavy atom. The highest BCUT2D eigenvalue weighted by Crippen LogP contribution is 2.64. The molecule has 3 fully saturated rings. The molecule has 2 aliphatic heterocycles. The van der Waals surface area contributed by atoms with Gasteiger partial charge in [0.05, 0.1) is 33.7 Å². The van der Waals surface area contributed by atoms with Crippen LogP contribution in [0.3, 0.4) is 0 Å². The maximum atomic E-state index is 15.0. The number of aromatic hydroxyl groups is 1. The van der Waals surface area contributed by atoms with Crippen molar-refractivity contribution in [3.63, 3.8) is 0 Å². The summed E-state index contributed by atoms with van der Waals surface area (Å²) >= 11 is 7.88. The SMILES string of the molecule is Cc1c(-c2cc(N3C(=O)C4CC5C(=CCC6C(=O)N(c7ccccc7)C(=O)C65)C(c5ccc(O)cc5)C4(C)C3=O)n(C)n2)sc2ccc(Cl)cc12. The second-order valence-electron chi connectivity index (χ2n) is 14.3. The number of rotatable bonds is 4. The molecule has 0 spiro atoms. The van der Waals surface area contributed by atoms with Gasteiger partial charge in [-0.2, -0.15) is 5.10 Å². The fourth-order valence-electron chi connectivity index (χ4n) is 9.33. The van der Waals surface area contributed by atoms with Gasteiger partial charge in [0, 0.05) is 28.8 Å². The minimum Gasteiger partial charge on any atom is -0.508 e. The summed E-state index contributed by atoms with van der Waals surface area (Å²) in [5.74, 6) is -3.75. The fourth-order valence-corrected chi connectivity index (χ4v) is 10.6. The maximum absolute atomic E-state index is 15.0. The first-order valence-corrected chi connectivity index (χ1v) is 18.2. The number of benzene rings is 3. The van der Waals surface area contributed by atoms with Gasteiger partial charge in [-0.15, -0.1) is 11.3 Å². The molecule has 0 radical (unpaired) electrons. The Morgan fingerprint density at radius 1 is 0.902 bits per heavy atom. The van der Waals surface area contributed by atoms with Gasteiger partial charge in [-0.1, -0.05) is 53.6 Å². The van der Waals surface area contributed by atoms with Crippen molar-refractivity contribution in [3.05, 3.63) is 107 Å². The van der Waals surface area contributed by atoms with Gasteiger partial charge in [0.25, 0.3) is 0 Å². The predicted octanol–water partition coefficient (Wildman–Crippen LogP) is 7.40. The van der Waals surface area contributed by atoms with Crippen molar-refractivity contribution in [2.75, 3.05) is 9.80 Å². The molecule has 6 unspecified atom stereocenters. The first-order valence-electron chi connectivity index (χ1n) is 17.0.